The summed E-state index contributed by atoms with van der Waals surface area (Å²) in [6.07, 6.45) is 2.14. The molecule has 0 atom stereocenters. The first-order chi connectivity index (χ1) is 8.16. The van der Waals surface area contributed by atoms with E-state index < -0.39 is 0 Å². The van der Waals surface area contributed by atoms with Gasteiger partial charge < -0.3 is 10.2 Å². The van der Waals surface area contributed by atoms with Gasteiger partial charge in [0.05, 0.1) is 15.0 Å². The second-order valence-electron chi connectivity index (χ2n) is 3.91. The largest absolute Gasteiger partial charge is 0.343 e. The Morgan fingerprint density at radius 3 is 2.71 bits per heavy atom. The van der Waals surface area contributed by atoms with Crippen LogP contribution in [0.5, 0.6) is 0 Å². The number of carbonyl (C=O) groups excluding carboxylic acids is 2. The van der Waals surface area contributed by atoms with Crippen LogP contribution in [0.2, 0.25) is 0 Å². The van der Waals surface area contributed by atoms with Gasteiger partial charge in [-0.1, -0.05) is 0 Å². The number of thiophene rings is 1. The number of likely N-dealkylation sites (tertiary alicyclic amines) is 1. The van der Waals surface area contributed by atoms with Crippen LogP contribution >= 0.6 is 33.9 Å². The lowest BCUT2D eigenvalue weighted by Gasteiger charge is -2.15. The van der Waals surface area contributed by atoms with E-state index in [1.165, 1.54) is 11.3 Å². The van der Waals surface area contributed by atoms with Gasteiger partial charge in [0.15, 0.2) is 0 Å². The van der Waals surface area contributed by atoms with Crippen molar-refractivity contribution in [2.24, 2.45) is 0 Å². The Bertz CT molecular complexity index is 427. The molecule has 1 N–H and O–H groups in total. The molecule has 0 saturated carbocycles. The van der Waals surface area contributed by atoms with Crippen molar-refractivity contribution < 1.29 is 9.59 Å². The molecule has 92 valence electrons. The lowest BCUT2D eigenvalue weighted by molar-refractivity contribution is -0.129. The minimum atomic E-state index is -0.170. The number of nitrogens with zero attached hydrogens (tertiary/aromatic N) is 1. The molecule has 1 fully saturated rings. The lowest BCUT2D eigenvalue weighted by Crippen LogP contribution is -2.38. The molecular formula is C11H13IN2O2S. The van der Waals surface area contributed by atoms with Crippen molar-refractivity contribution in [1.82, 2.24) is 10.2 Å². The van der Waals surface area contributed by atoms with Crippen molar-refractivity contribution in [3.63, 3.8) is 0 Å². The van der Waals surface area contributed by atoms with Crippen LogP contribution in [0, 0.1) is 2.88 Å². The van der Waals surface area contributed by atoms with Crippen LogP contribution in [0.4, 0.5) is 0 Å². The normalized spacial score (nSPS) is 15.0. The van der Waals surface area contributed by atoms with Crippen molar-refractivity contribution >= 4 is 45.7 Å². The predicted octanol–water partition coefficient (Wildman–Crippen LogP) is 1.70. The molecule has 17 heavy (non-hydrogen) atoms. The summed E-state index contributed by atoms with van der Waals surface area (Å²) in [6.45, 7) is 1.75. The van der Waals surface area contributed by atoms with Crippen molar-refractivity contribution in [2.45, 2.75) is 12.8 Å². The van der Waals surface area contributed by atoms with Crippen LogP contribution < -0.4 is 5.32 Å². The monoisotopic (exact) mass is 364 g/mol. The Labute approximate surface area is 118 Å². The van der Waals surface area contributed by atoms with Gasteiger partial charge in [-0.2, -0.15) is 0 Å². The first kappa shape index (κ1) is 12.8. The Kier molecular flexibility index (Phi) is 4.38. The molecule has 1 aliphatic heterocycles. The summed E-state index contributed by atoms with van der Waals surface area (Å²) in [5, 5.41) is 4.47. The SMILES string of the molecule is O=C(NCC(=O)N1CCCC1)c1csc(I)c1. The van der Waals surface area contributed by atoms with Crippen LogP contribution in [0.3, 0.4) is 0 Å². The van der Waals surface area contributed by atoms with E-state index in [2.05, 4.69) is 27.9 Å². The summed E-state index contributed by atoms with van der Waals surface area (Å²) in [5.74, 6) is -0.155. The van der Waals surface area contributed by atoms with E-state index in [9.17, 15) is 9.59 Å². The minimum absolute atomic E-state index is 0.0146. The van der Waals surface area contributed by atoms with E-state index in [0.29, 0.717) is 5.56 Å². The highest BCUT2D eigenvalue weighted by atomic mass is 127. The number of rotatable bonds is 3. The van der Waals surface area contributed by atoms with E-state index >= 15 is 0 Å². The van der Waals surface area contributed by atoms with Crippen molar-refractivity contribution in [1.29, 1.82) is 0 Å². The Morgan fingerprint density at radius 1 is 1.41 bits per heavy atom. The molecule has 0 unspecified atom stereocenters. The van der Waals surface area contributed by atoms with Gasteiger partial charge >= 0.3 is 0 Å². The molecular weight excluding hydrogens is 351 g/mol. The highest BCUT2D eigenvalue weighted by molar-refractivity contribution is 14.1. The molecule has 1 saturated heterocycles. The molecule has 0 spiro atoms. The Morgan fingerprint density at radius 2 is 2.12 bits per heavy atom. The van der Waals surface area contributed by atoms with Gasteiger partial charge in [-0.05, 0) is 41.5 Å². The molecule has 4 nitrogen and oxygen atoms in total. The van der Waals surface area contributed by atoms with Crippen LogP contribution in [0.15, 0.2) is 11.4 Å². The maximum Gasteiger partial charge on any atom is 0.252 e. The van der Waals surface area contributed by atoms with Gasteiger partial charge in [0.2, 0.25) is 5.91 Å². The van der Waals surface area contributed by atoms with E-state index in [0.717, 1.165) is 28.8 Å². The molecule has 2 heterocycles. The molecule has 2 rings (SSSR count). The maximum atomic E-state index is 11.7. The highest BCUT2D eigenvalue weighted by Gasteiger charge is 2.18. The number of hydrogen-bond acceptors (Lipinski definition) is 3. The Hall–Kier alpha value is -0.630. The average molecular weight is 364 g/mol. The second-order valence-corrected chi connectivity index (χ2v) is 6.72. The third-order valence-electron chi connectivity index (χ3n) is 2.69. The molecule has 0 aromatic carbocycles. The quantitative estimate of drug-likeness (QED) is 0.831. The van der Waals surface area contributed by atoms with Crippen molar-refractivity contribution in [2.75, 3.05) is 19.6 Å². The third-order valence-corrected chi connectivity index (χ3v) is 4.48. The summed E-state index contributed by atoms with van der Waals surface area (Å²) >= 11 is 3.69. The van der Waals surface area contributed by atoms with Gasteiger partial charge in [-0.15, -0.1) is 11.3 Å². The van der Waals surface area contributed by atoms with Crippen LogP contribution in [-0.4, -0.2) is 36.3 Å². The van der Waals surface area contributed by atoms with Gasteiger partial charge in [0.25, 0.3) is 5.91 Å². The standard InChI is InChI=1S/C11H13IN2O2S/c12-9-5-8(7-17-9)11(16)13-6-10(15)14-3-1-2-4-14/h5,7H,1-4,6H2,(H,13,16). The number of hydrogen-bond donors (Lipinski definition) is 1. The van der Waals surface area contributed by atoms with E-state index in [-0.39, 0.29) is 18.4 Å². The van der Waals surface area contributed by atoms with Crippen LogP contribution in [0.25, 0.3) is 0 Å². The number of nitrogens with one attached hydrogen (secondary N) is 1. The third kappa shape index (κ3) is 3.41. The predicted molar refractivity (Wildman–Crippen MR) is 75.2 cm³/mol. The average Bonchev–Trinajstić information content (AvgIpc) is 2.95. The molecule has 2 amide bonds. The van der Waals surface area contributed by atoms with E-state index in [4.69, 9.17) is 0 Å². The molecule has 0 bridgehead atoms. The van der Waals surface area contributed by atoms with Gasteiger partial charge in [0, 0.05) is 18.5 Å². The fourth-order valence-electron chi connectivity index (χ4n) is 1.77. The minimum Gasteiger partial charge on any atom is -0.343 e. The van der Waals surface area contributed by atoms with E-state index in [1.54, 1.807) is 10.3 Å². The van der Waals surface area contributed by atoms with Gasteiger partial charge in [0.1, 0.15) is 0 Å². The molecule has 1 aromatic heterocycles. The lowest BCUT2D eigenvalue weighted by atomic mass is 10.3. The number of carbonyl (C=O) groups is 2. The van der Waals surface area contributed by atoms with E-state index in [1.807, 2.05) is 6.07 Å². The zero-order valence-corrected chi connectivity index (χ0v) is 12.2. The smallest absolute Gasteiger partial charge is 0.252 e. The second kappa shape index (κ2) is 5.81. The first-order valence-corrected chi connectivity index (χ1v) is 7.42. The summed E-state index contributed by atoms with van der Waals surface area (Å²) < 4.78 is 1.07. The maximum absolute atomic E-state index is 11.7. The first-order valence-electron chi connectivity index (χ1n) is 5.47. The molecule has 6 heteroatoms. The summed E-state index contributed by atoms with van der Waals surface area (Å²) in [5.41, 5.74) is 0.633. The van der Waals surface area contributed by atoms with Crippen LogP contribution in [0.1, 0.15) is 23.2 Å². The topological polar surface area (TPSA) is 49.4 Å². The molecule has 0 radical (unpaired) electrons. The molecule has 1 aliphatic rings. The highest BCUT2D eigenvalue weighted by Crippen LogP contribution is 2.16. The summed E-state index contributed by atoms with van der Waals surface area (Å²) in [4.78, 5) is 25.2. The van der Waals surface area contributed by atoms with Crippen LogP contribution in [-0.2, 0) is 4.79 Å². The summed E-state index contributed by atoms with van der Waals surface area (Å²) in [6, 6.07) is 1.82. The van der Waals surface area contributed by atoms with Crippen molar-refractivity contribution in [3.05, 3.63) is 19.9 Å². The molecule has 1 aromatic rings. The zero-order chi connectivity index (χ0) is 12.3. The fraction of sp³-hybridized carbons (Fsp3) is 0.455. The van der Waals surface area contributed by atoms with Crippen molar-refractivity contribution in [3.8, 4) is 0 Å². The van der Waals surface area contributed by atoms with Gasteiger partial charge in [-0.25, -0.2) is 0 Å². The number of halogens is 1. The number of amides is 2. The Balaban J connectivity index is 1.81. The fourth-order valence-corrected chi connectivity index (χ4v) is 3.09. The van der Waals surface area contributed by atoms with Gasteiger partial charge in [-0.3, -0.25) is 9.59 Å². The summed E-state index contributed by atoms with van der Waals surface area (Å²) in [7, 11) is 0. The zero-order valence-electron chi connectivity index (χ0n) is 9.24. The molecule has 0 aliphatic carbocycles.